The number of unbranched alkanes of at least 4 members (excludes halogenated alkanes) is 1. The predicted octanol–water partition coefficient (Wildman–Crippen LogP) is 3.84. The van der Waals surface area contributed by atoms with Gasteiger partial charge in [-0.2, -0.15) is 0 Å². The summed E-state index contributed by atoms with van der Waals surface area (Å²) in [6.45, 7) is 2.06. The van der Waals surface area contributed by atoms with E-state index in [1.807, 2.05) is 0 Å². The Hall–Kier alpha value is -0.780. The van der Waals surface area contributed by atoms with Crippen LogP contribution in [0.1, 0.15) is 32.6 Å². The largest absolute Gasteiger partial charge is 0.399 e. The molecule has 0 radical (unpaired) electrons. The first kappa shape index (κ1) is 18.3. The van der Waals surface area contributed by atoms with Crippen molar-refractivity contribution in [2.75, 3.05) is 22.6 Å². The van der Waals surface area contributed by atoms with Crippen molar-refractivity contribution in [1.29, 1.82) is 0 Å². The third-order valence-corrected chi connectivity index (χ3v) is 4.91. The lowest BCUT2D eigenvalue weighted by Gasteiger charge is -2.10. The molecule has 0 heterocycles. The molecule has 4 nitrogen and oxygen atoms in total. The van der Waals surface area contributed by atoms with Gasteiger partial charge in [0.2, 0.25) is 5.91 Å². The maximum atomic E-state index is 11.8. The summed E-state index contributed by atoms with van der Waals surface area (Å²) >= 11 is 12.0. The lowest BCUT2D eigenvalue weighted by Crippen LogP contribution is -2.14. The molecule has 1 atom stereocenters. The number of amides is 1. The summed E-state index contributed by atoms with van der Waals surface area (Å²) in [4.78, 5) is 11.8. The molecule has 0 aliphatic rings. The molecule has 0 aliphatic carbocycles. The van der Waals surface area contributed by atoms with E-state index in [1.54, 1.807) is 0 Å². The van der Waals surface area contributed by atoms with Gasteiger partial charge in [-0.15, -0.1) is 0 Å². The SMILES string of the molecule is CCCCS(=O)CCCC(=O)Nc1c(Cl)cc(N)cc1Cl. The molecule has 21 heavy (non-hydrogen) atoms. The number of rotatable bonds is 8. The summed E-state index contributed by atoms with van der Waals surface area (Å²) in [5.41, 5.74) is 6.40. The normalized spacial score (nSPS) is 12.1. The van der Waals surface area contributed by atoms with Crippen molar-refractivity contribution in [3.05, 3.63) is 22.2 Å². The van der Waals surface area contributed by atoms with Crippen LogP contribution in [0.3, 0.4) is 0 Å². The molecule has 7 heteroatoms. The molecule has 0 aromatic heterocycles. The second kappa shape index (κ2) is 9.28. The van der Waals surface area contributed by atoms with E-state index in [-0.39, 0.29) is 12.3 Å². The highest BCUT2D eigenvalue weighted by Crippen LogP contribution is 2.32. The van der Waals surface area contributed by atoms with E-state index < -0.39 is 10.8 Å². The third kappa shape index (κ3) is 6.68. The quantitative estimate of drug-likeness (QED) is 0.699. The first-order valence-electron chi connectivity index (χ1n) is 6.83. The van der Waals surface area contributed by atoms with Crippen LogP contribution in [0.5, 0.6) is 0 Å². The van der Waals surface area contributed by atoms with E-state index in [9.17, 15) is 9.00 Å². The molecule has 0 spiro atoms. The van der Waals surface area contributed by atoms with Crippen molar-refractivity contribution in [1.82, 2.24) is 0 Å². The first-order valence-corrected chi connectivity index (χ1v) is 9.07. The van der Waals surface area contributed by atoms with Gasteiger partial charge in [0.25, 0.3) is 0 Å². The molecular formula is C14H20Cl2N2O2S. The van der Waals surface area contributed by atoms with E-state index in [1.165, 1.54) is 12.1 Å². The maximum Gasteiger partial charge on any atom is 0.224 e. The Morgan fingerprint density at radius 3 is 2.38 bits per heavy atom. The number of benzene rings is 1. The zero-order chi connectivity index (χ0) is 15.8. The maximum absolute atomic E-state index is 11.8. The van der Waals surface area contributed by atoms with Crippen LogP contribution in [0, 0.1) is 0 Å². The van der Waals surface area contributed by atoms with Crippen molar-refractivity contribution in [3.8, 4) is 0 Å². The summed E-state index contributed by atoms with van der Waals surface area (Å²) < 4.78 is 11.6. The minimum atomic E-state index is -0.843. The minimum absolute atomic E-state index is 0.198. The first-order chi connectivity index (χ1) is 9.93. The van der Waals surface area contributed by atoms with Crippen molar-refractivity contribution < 1.29 is 9.00 Å². The Bertz CT molecular complexity index is 501. The van der Waals surface area contributed by atoms with Gasteiger partial charge >= 0.3 is 0 Å². The number of nitrogen functional groups attached to an aromatic ring is 1. The van der Waals surface area contributed by atoms with Crippen LogP contribution in [-0.2, 0) is 15.6 Å². The molecule has 1 aromatic rings. The van der Waals surface area contributed by atoms with E-state index in [2.05, 4.69) is 12.2 Å². The van der Waals surface area contributed by atoms with Crippen molar-refractivity contribution in [2.45, 2.75) is 32.6 Å². The highest BCUT2D eigenvalue weighted by atomic mass is 35.5. The van der Waals surface area contributed by atoms with Gasteiger partial charge in [0.1, 0.15) is 0 Å². The van der Waals surface area contributed by atoms with Crippen LogP contribution in [0.15, 0.2) is 12.1 Å². The highest BCUT2D eigenvalue weighted by molar-refractivity contribution is 7.84. The Balaban J connectivity index is 2.43. The number of carbonyl (C=O) groups is 1. The molecule has 1 rings (SSSR count). The Morgan fingerprint density at radius 1 is 1.24 bits per heavy atom. The molecule has 3 N–H and O–H groups in total. The standard InChI is InChI=1S/C14H20Cl2N2O2S/c1-2-3-6-21(20)7-4-5-13(19)18-14-11(15)8-10(17)9-12(14)16/h8-9H,2-7,17H2,1H3,(H,18,19). The summed E-state index contributed by atoms with van der Waals surface area (Å²) in [7, 11) is -0.843. The number of nitrogens with two attached hydrogens (primary N) is 1. The number of halogens is 2. The molecule has 118 valence electrons. The number of nitrogens with one attached hydrogen (secondary N) is 1. The molecule has 1 aromatic carbocycles. The Labute approximate surface area is 137 Å². The fourth-order valence-electron chi connectivity index (χ4n) is 1.72. The van der Waals surface area contributed by atoms with Gasteiger partial charge in [-0.25, -0.2) is 0 Å². The topological polar surface area (TPSA) is 72.2 Å². The van der Waals surface area contributed by atoms with Crippen LogP contribution in [0.2, 0.25) is 10.0 Å². The van der Waals surface area contributed by atoms with Gasteiger partial charge in [0.15, 0.2) is 0 Å². The molecular weight excluding hydrogens is 331 g/mol. The smallest absolute Gasteiger partial charge is 0.224 e. The number of hydrogen-bond acceptors (Lipinski definition) is 3. The minimum Gasteiger partial charge on any atom is -0.399 e. The van der Waals surface area contributed by atoms with Gasteiger partial charge in [-0.3, -0.25) is 9.00 Å². The van der Waals surface area contributed by atoms with Crippen molar-refractivity contribution >= 4 is 51.3 Å². The third-order valence-electron chi connectivity index (χ3n) is 2.83. The van der Waals surface area contributed by atoms with Crippen LogP contribution in [0.4, 0.5) is 11.4 Å². The fraction of sp³-hybridized carbons (Fsp3) is 0.500. The van der Waals surface area contributed by atoms with Gasteiger partial charge < -0.3 is 11.1 Å². The molecule has 0 aliphatic heterocycles. The molecule has 1 unspecified atom stereocenters. The Morgan fingerprint density at radius 2 is 1.81 bits per heavy atom. The molecule has 0 fully saturated rings. The molecule has 0 saturated carbocycles. The van der Waals surface area contributed by atoms with E-state index in [0.29, 0.717) is 39.3 Å². The average molecular weight is 351 g/mol. The van der Waals surface area contributed by atoms with Gasteiger partial charge in [0, 0.05) is 34.4 Å². The van der Waals surface area contributed by atoms with E-state index >= 15 is 0 Å². The summed E-state index contributed by atoms with van der Waals surface area (Å²) in [5, 5.41) is 3.28. The van der Waals surface area contributed by atoms with E-state index in [0.717, 1.165) is 12.8 Å². The van der Waals surface area contributed by atoms with Gasteiger partial charge in [-0.05, 0) is 25.0 Å². The Kier molecular flexibility index (Phi) is 8.07. The number of hydrogen-bond donors (Lipinski definition) is 2. The number of anilines is 2. The molecule has 0 bridgehead atoms. The lowest BCUT2D eigenvalue weighted by molar-refractivity contribution is -0.116. The molecule has 0 saturated heterocycles. The zero-order valence-corrected chi connectivity index (χ0v) is 14.3. The van der Waals surface area contributed by atoms with Crippen molar-refractivity contribution in [3.63, 3.8) is 0 Å². The van der Waals surface area contributed by atoms with Gasteiger partial charge in [-0.1, -0.05) is 36.5 Å². The van der Waals surface area contributed by atoms with Crippen molar-refractivity contribution in [2.24, 2.45) is 0 Å². The van der Waals surface area contributed by atoms with Crippen LogP contribution in [-0.4, -0.2) is 21.6 Å². The highest BCUT2D eigenvalue weighted by Gasteiger charge is 2.11. The predicted molar refractivity (Wildman–Crippen MR) is 91.5 cm³/mol. The summed E-state index contributed by atoms with van der Waals surface area (Å²) in [6.07, 6.45) is 2.84. The summed E-state index contributed by atoms with van der Waals surface area (Å²) in [6, 6.07) is 3.06. The summed E-state index contributed by atoms with van der Waals surface area (Å²) in [5.74, 6) is 1.04. The van der Waals surface area contributed by atoms with Crippen LogP contribution >= 0.6 is 23.2 Å². The van der Waals surface area contributed by atoms with Crippen LogP contribution < -0.4 is 11.1 Å². The monoisotopic (exact) mass is 350 g/mol. The second-order valence-corrected chi connectivity index (χ2v) is 7.22. The lowest BCUT2D eigenvalue weighted by atomic mass is 10.2. The fourth-order valence-corrected chi connectivity index (χ4v) is 3.59. The zero-order valence-electron chi connectivity index (χ0n) is 12.0. The van der Waals surface area contributed by atoms with Gasteiger partial charge in [0.05, 0.1) is 15.7 Å². The second-order valence-electron chi connectivity index (χ2n) is 4.71. The van der Waals surface area contributed by atoms with Crippen LogP contribution in [0.25, 0.3) is 0 Å². The average Bonchev–Trinajstić information content (AvgIpc) is 2.40. The molecule has 1 amide bonds. The van der Waals surface area contributed by atoms with E-state index in [4.69, 9.17) is 28.9 Å². The number of carbonyl (C=O) groups excluding carboxylic acids is 1.